The van der Waals surface area contributed by atoms with Gasteiger partial charge in [-0.15, -0.1) is 0 Å². The third kappa shape index (κ3) is 2.76. The average Bonchev–Trinajstić information content (AvgIpc) is 3.18. The molecule has 0 N–H and O–H groups in total. The molecule has 1 saturated heterocycles. The van der Waals surface area contributed by atoms with Crippen molar-refractivity contribution in [3.8, 4) is 5.75 Å². The van der Waals surface area contributed by atoms with Crippen molar-refractivity contribution in [1.82, 2.24) is 4.98 Å². The number of thiazole rings is 1. The van der Waals surface area contributed by atoms with E-state index in [1.807, 2.05) is 12.1 Å². The number of fused-ring (bicyclic) bond motifs is 1. The lowest BCUT2D eigenvalue weighted by Crippen LogP contribution is -2.53. The first-order chi connectivity index (χ1) is 11.2. The predicted octanol–water partition coefficient (Wildman–Crippen LogP) is 3.23. The number of aromatic nitrogens is 1. The van der Waals surface area contributed by atoms with Gasteiger partial charge in [-0.2, -0.15) is 0 Å². The van der Waals surface area contributed by atoms with E-state index in [4.69, 9.17) is 9.47 Å². The van der Waals surface area contributed by atoms with Crippen LogP contribution < -0.4 is 9.64 Å². The lowest BCUT2D eigenvalue weighted by Gasteiger charge is -2.38. The van der Waals surface area contributed by atoms with Crippen LogP contribution in [0.3, 0.4) is 0 Å². The van der Waals surface area contributed by atoms with E-state index in [-0.39, 0.29) is 18.0 Å². The fourth-order valence-electron chi connectivity index (χ4n) is 3.30. The van der Waals surface area contributed by atoms with E-state index in [1.54, 1.807) is 18.4 Å². The van der Waals surface area contributed by atoms with E-state index < -0.39 is 0 Å². The van der Waals surface area contributed by atoms with Crippen molar-refractivity contribution in [2.24, 2.45) is 5.92 Å². The second kappa shape index (κ2) is 6.00. The summed E-state index contributed by atoms with van der Waals surface area (Å²) in [6, 6.07) is 5.95. The van der Waals surface area contributed by atoms with E-state index in [1.165, 1.54) is 0 Å². The highest BCUT2D eigenvalue weighted by atomic mass is 32.1. The molecule has 5 nitrogen and oxygen atoms in total. The molecule has 0 amide bonds. The van der Waals surface area contributed by atoms with Crippen LogP contribution in [0.15, 0.2) is 18.2 Å². The van der Waals surface area contributed by atoms with Gasteiger partial charge in [0, 0.05) is 0 Å². The summed E-state index contributed by atoms with van der Waals surface area (Å²) in [5, 5.41) is 0.970. The minimum absolute atomic E-state index is 0.00174. The van der Waals surface area contributed by atoms with Crippen molar-refractivity contribution >= 4 is 32.7 Å². The molecule has 2 aliphatic rings. The van der Waals surface area contributed by atoms with Gasteiger partial charge in [0.25, 0.3) is 0 Å². The maximum atomic E-state index is 12.0. The maximum absolute atomic E-state index is 12.0. The van der Waals surface area contributed by atoms with Gasteiger partial charge >= 0.3 is 5.97 Å². The van der Waals surface area contributed by atoms with E-state index in [0.717, 1.165) is 59.9 Å². The molecule has 0 atom stereocenters. The summed E-state index contributed by atoms with van der Waals surface area (Å²) in [6.07, 6.45) is 4.31. The molecule has 0 bridgehead atoms. The summed E-state index contributed by atoms with van der Waals surface area (Å²) >= 11 is 1.65. The molecule has 1 aromatic carbocycles. The molecule has 1 aromatic heterocycles. The molecule has 4 rings (SSSR count). The highest BCUT2D eigenvalue weighted by molar-refractivity contribution is 7.22. The van der Waals surface area contributed by atoms with Crippen LogP contribution in [-0.4, -0.2) is 37.3 Å². The standard InChI is InChI=1S/C17H20N2O3S/c1-21-13-7-4-8-14-15(13)18-17(23-14)19-9-12(10-19)22-16(20)11-5-2-3-6-11/h4,7-8,11-12H,2-3,5-6,9-10H2,1H3. The fraction of sp³-hybridized carbons (Fsp3) is 0.529. The number of hydrogen-bond donors (Lipinski definition) is 0. The predicted molar refractivity (Wildman–Crippen MR) is 90.2 cm³/mol. The largest absolute Gasteiger partial charge is 0.494 e. The van der Waals surface area contributed by atoms with Crippen LogP contribution >= 0.6 is 11.3 Å². The molecular formula is C17H20N2O3S. The molecule has 6 heteroatoms. The molecule has 2 heterocycles. The second-order valence-corrected chi connectivity index (χ2v) is 7.26. The quantitative estimate of drug-likeness (QED) is 0.805. The van der Waals surface area contributed by atoms with E-state index >= 15 is 0 Å². The van der Waals surface area contributed by atoms with Crippen molar-refractivity contribution in [1.29, 1.82) is 0 Å². The Kier molecular flexibility index (Phi) is 3.85. The SMILES string of the molecule is COc1cccc2sc(N3CC(OC(=O)C4CCCC4)C3)nc12. The molecule has 0 unspecified atom stereocenters. The van der Waals surface area contributed by atoms with Gasteiger partial charge in [-0.05, 0) is 25.0 Å². The minimum atomic E-state index is -0.00174. The number of hydrogen-bond acceptors (Lipinski definition) is 6. The third-order valence-corrected chi connectivity index (χ3v) is 5.76. The molecule has 1 aliphatic carbocycles. The van der Waals surface area contributed by atoms with Gasteiger partial charge in [-0.1, -0.05) is 30.2 Å². The number of rotatable bonds is 4. The smallest absolute Gasteiger partial charge is 0.309 e. The highest BCUT2D eigenvalue weighted by Gasteiger charge is 2.34. The lowest BCUT2D eigenvalue weighted by atomic mass is 10.1. The number of benzene rings is 1. The Hall–Kier alpha value is -1.82. The molecular weight excluding hydrogens is 312 g/mol. The average molecular weight is 332 g/mol. The third-order valence-electron chi connectivity index (χ3n) is 4.68. The summed E-state index contributed by atoms with van der Waals surface area (Å²) in [5.74, 6) is 0.934. The number of carbonyl (C=O) groups is 1. The Morgan fingerprint density at radius 3 is 2.83 bits per heavy atom. The zero-order valence-electron chi connectivity index (χ0n) is 13.2. The maximum Gasteiger partial charge on any atom is 0.309 e. The van der Waals surface area contributed by atoms with Gasteiger partial charge in [0.15, 0.2) is 5.13 Å². The Balaban J connectivity index is 1.39. The fourth-order valence-corrected chi connectivity index (χ4v) is 4.30. The van der Waals surface area contributed by atoms with E-state index in [0.29, 0.717) is 0 Å². The Morgan fingerprint density at radius 1 is 1.30 bits per heavy atom. The minimum Gasteiger partial charge on any atom is -0.494 e. The number of carbonyl (C=O) groups excluding carboxylic acids is 1. The van der Waals surface area contributed by atoms with Crippen LogP contribution in [0.5, 0.6) is 5.75 Å². The van der Waals surface area contributed by atoms with Gasteiger partial charge in [-0.3, -0.25) is 4.79 Å². The van der Waals surface area contributed by atoms with Crippen LogP contribution in [0.25, 0.3) is 10.2 Å². The molecule has 0 radical (unpaired) electrons. The Morgan fingerprint density at radius 2 is 2.09 bits per heavy atom. The van der Waals surface area contributed by atoms with Crippen LogP contribution in [0, 0.1) is 5.92 Å². The van der Waals surface area contributed by atoms with Gasteiger partial charge in [0.05, 0.1) is 30.8 Å². The van der Waals surface area contributed by atoms with Gasteiger partial charge in [0.1, 0.15) is 17.4 Å². The van der Waals surface area contributed by atoms with Gasteiger partial charge in [0.2, 0.25) is 0 Å². The highest BCUT2D eigenvalue weighted by Crippen LogP contribution is 2.36. The molecule has 23 heavy (non-hydrogen) atoms. The first kappa shape index (κ1) is 14.8. The van der Waals surface area contributed by atoms with Gasteiger partial charge < -0.3 is 14.4 Å². The van der Waals surface area contributed by atoms with Crippen molar-refractivity contribution in [2.45, 2.75) is 31.8 Å². The van der Waals surface area contributed by atoms with Crippen LogP contribution in [0.4, 0.5) is 5.13 Å². The molecule has 122 valence electrons. The summed E-state index contributed by atoms with van der Waals surface area (Å²) in [7, 11) is 1.66. The van der Waals surface area contributed by atoms with Crippen molar-refractivity contribution in [2.75, 3.05) is 25.1 Å². The monoisotopic (exact) mass is 332 g/mol. The molecule has 1 saturated carbocycles. The van der Waals surface area contributed by atoms with Gasteiger partial charge in [-0.25, -0.2) is 4.98 Å². The molecule has 1 aliphatic heterocycles. The normalized spacial score (nSPS) is 19.1. The van der Waals surface area contributed by atoms with E-state index in [2.05, 4.69) is 16.0 Å². The lowest BCUT2D eigenvalue weighted by molar-refractivity contribution is -0.155. The second-order valence-electron chi connectivity index (χ2n) is 6.25. The number of para-hydroxylation sites is 1. The number of methoxy groups -OCH3 is 1. The summed E-state index contributed by atoms with van der Waals surface area (Å²) in [4.78, 5) is 18.9. The molecule has 2 aromatic rings. The number of ether oxygens (including phenoxy) is 2. The van der Waals surface area contributed by atoms with Crippen LogP contribution in [-0.2, 0) is 9.53 Å². The Labute approximate surface area is 139 Å². The number of nitrogens with zero attached hydrogens (tertiary/aromatic N) is 2. The first-order valence-corrected chi connectivity index (χ1v) is 8.95. The van der Waals surface area contributed by atoms with Crippen molar-refractivity contribution < 1.29 is 14.3 Å². The molecule has 0 spiro atoms. The zero-order chi connectivity index (χ0) is 15.8. The van der Waals surface area contributed by atoms with Crippen LogP contribution in [0.1, 0.15) is 25.7 Å². The number of anilines is 1. The number of esters is 1. The summed E-state index contributed by atoms with van der Waals surface area (Å²) in [5.41, 5.74) is 0.904. The summed E-state index contributed by atoms with van der Waals surface area (Å²) < 4.78 is 12.1. The first-order valence-electron chi connectivity index (χ1n) is 8.13. The van der Waals surface area contributed by atoms with Crippen LogP contribution in [0.2, 0.25) is 0 Å². The van der Waals surface area contributed by atoms with E-state index in [9.17, 15) is 4.79 Å². The van der Waals surface area contributed by atoms with Crippen molar-refractivity contribution in [3.05, 3.63) is 18.2 Å². The Bertz CT molecular complexity index is 718. The summed E-state index contributed by atoms with van der Waals surface area (Å²) in [6.45, 7) is 1.47. The topological polar surface area (TPSA) is 51.7 Å². The molecule has 2 fully saturated rings. The zero-order valence-corrected chi connectivity index (χ0v) is 14.0. The van der Waals surface area contributed by atoms with Crippen molar-refractivity contribution in [3.63, 3.8) is 0 Å².